The Morgan fingerprint density at radius 1 is 1.40 bits per heavy atom. The Kier molecular flexibility index (Phi) is 3.27. The molecule has 3 nitrogen and oxygen atoms in total. The first-order chi connectivity index (χ1) is 9.63. The topological polar surface area (TPSA) is 42.8 Å². The number of likely N-dealkylation sites (tertiary alicyclic amines) is 1. The minimum atomic E-state index is 0.000854. The molecule has 2 heterocycles. The first-order valence-electron chi connectivity index (χ1n) is 7.32. The van der Waals surface area contributed by atoms with Gasteiger partial charge in [0.05, 0.1) is 12.0 Å². The fourth-order valence-corrected chi connectivity index (χ4v) is 3.36. The van der Waals surface area contributed by atoms with E-state index in [1.807, 2.05) is 0 Å². The summed E-state index contributed by atoms with van der Waals surface area (Å²) in [7, 11) is 0. The Labute approximate surface area is 120 Å². The molecule has 1 aromatic heterocycles. The molecular formula is C17H21N3. The van der Waals surface area contributed by atoms with Crippen molar-refractivity contribution >= 4 is 10.9 Å². The summed E-state index contributed by atoms with van der Waals surface area (Å²) in [5.41, 5.74) is 2.58. The van der Waals surface area contributed by atoms with Crippen LogP contribution in [0.15, 0.2) is 30.5 Å². The van der Waals surface area contributed by atoms with Crippen LogP contribution >= 0.6 is 0 Å². The lowest BCUT2D eigenvalue weighted by Crippen LogP contribution is -2.43. The Balaban J connectivity index is 1.73. The number of aromatic amines is 1. The van der Waals surface area contributed by atoms with Gasteiger partial charge in [-0.15, -0.1) is 0 Å². The predicted molar refractivity (Wildman–Crippen MR) is 81.4 cm³/mol. The van der Waals surface area contributed by atoms with Gasteiger partial charge >= 0.3 is 0 Å². The van der Waals surface area contributed by atoms with E-state index in [1.54, 1.807) is 0 Å². The van der Waals surface area contributed by atoms with Crippen molar-refractivity contribution in [3.8, 4) is 6.07 Å². The second-order valence-electron chi connectivity index (χ2n) is 6.22. The lowest BCUT2D eigenvalue weighted by molar-refractivity contribution is 0.158. The van der Waals surface area contributed by atoms with E-state index in [0.717, 1.165) is 25.9 Å². The molecule has 20 heavy (non-hydrogen) atoms. The Bertz CT molecular complexity index is 648. The number of nitrogens with one attached hydrogen (secondary N) is 1. The van der Waals surface area contributed by atoms with Gasteiger partial charge in [-0.05, 0) is 38.3 Å². The highest BCUT2D eigenvalue weighted by Gasteiger charge is 2.40. The molecule has 1 N–H and O–H groups in total. The third-order valence-electron chi connectivity index (χ3n) is 4.84. The van der Waals surface area contributed by atoms with Crippen LogP contribution in [-0.4, -0.2) is 28.5 Å². The molecule has 0 radical (unpaired) electrons. The molecule has 0 aliphatic carbocycles. The molecule has 1 saturated heterocycles. The van der Waals surface area contributed by atoms with Gasteiger partial charge in [-0.3, -0.25) is 4.90 Å². The molecule has 1 aliphatic heterocycles. The molecule has 0 saturated carbocycles. The Morgan fingerprint density at radius 2 is 2.20 bits per heavy atom. The zero-order valence-corrected chi connectivity index (χ0v) is 12.2. The molecule has 3 heteroatoms. The number of rotatable bonds is 3. The summed E-state index contributed by atoms with van der Waals surface area (Å²) in [6, 6.07) is 10.9. The van der Waals surface area contributed by atoms with Crippen molar-refractivity contribution in [2.24, 2.45) is 5.92 Å². The van der Waals surface area contributed by atoms with Crippen LogP contribution in [0.3, 0.4) is 0 Å². The maximum Gasteiger partial charge on any atom is 0.0675 e. The molecule has 104 valence electrons. The molecule has 0 spiro atoms. The number of para-hydroxylation sites is 1. The van der Waals surface area contributed by atoms with E-state index in [9.17, 15) is 5.26 Å². The molecule has 1 aromatic carbocycles. The van der Waals surface area contributed by atoms with Gasteiger partial charge in [-0.25, -0.2) is 0 Å². The normalized spacial score (nSPS) is 22.1. The number of nitriles is 1. The van der Waals surface area contributed by atoms with Crippen LogP contribution in [-0.2, 0) is 6.42 Å². The van der Waals surface area contributed by atoms with Crippen LogP contribution < -0.4 is 0 Å². The average molecular weight is 267 g/mol. The van der Waals surface area contributed by atoms with Gasteiger partial charge in [0.15, 0.2) is 0 Å². The Hall–Kier alpha value is -1.79. The molecule has 1 aliphatic rings. The number of hydrogen-bond donors (Lipinski definition) is 1. The molecule has 1 atom stereocenters. The summed E-state index contributed by atoms with van der Waals surface area (Å²) >= 11 is 0. The van der Waals surface area contributed by atoms with E-state index < -0.39 is 0 Å². The molecule has 3 rings (SSSR count). The molecule has 0 amide bonds. The summed E-state index contributed by atoms with van der Waals surface area (Å²) in [5.74, 6) is 0.158. The van der Waals surface area contributed by atoms with Gasteiger partial charge in [0, 0.05) is 35.7 Å². The monoisotopic (exact) mass is 267 g/mol. The van der Waals surface area contributed by atoms with Crippen molar-refractivity contribution in [3.05, 3.63) is 36.0 Å². The number of H-pyrrole nitrogens is 1. The highest BCUT2D eigenvalue weighted by atomic mass is 15.2. The van der Waals surface area contributed by atoms with Gasteiger partial charge in [0.1, 0.15) is 0 Å². The highest BCUT2D eigenvalue weighted by molar-refractivity contribution is 5.83. The second kappa shape index (κ2) is 4.96. The van der Waals surface area contributed by atoms with Crippen LogP contribution in [0.4, 0.5) is 0 Å². The van der Waals surface area contributed by atoms with Gasteiger partial charge in [-0.1, -0.05) is 18.2 Å². The first kappa shape index (κ1) is 13.2. The lowest BCUT2D eigenvalue weighted by atomic mass is 9.89. The van der Waals surface area contributed by atoms with E-state index >= 15 is 0 Å². The summed E-state index contributed by atoms with van der Waals surface area (Å²) in [6.45, 7) is 6.45. The fourth-order valence-electron chi connectivity index (χ4n) is 3.36. The van der Waals surface area contributed by atoms with Crippen LogP contribution in [0.2, 0.25) is 0 Å². The third-order valence-corrected chi connectivity index (χ3v) is 4.84. The number of fused-ring (bicyclic) bond motifs is 1. The van der Waals surface area contributed by atoms with Crippen LogP contribution in [0.1, 0.15) is 25.8 Å². The van der Waals surface area contributed by atoms with Crippen molar-refractivity contribution in [1.29, 1.82) is 5.26 Å². The lowest BCUT2D eigenvalue weighted by Gasteiger charge is -2.33. The Morgan fingerprint density at radius 3 is 2.95 bits per heavy atom. The van der Waals surface area contributed by atoms with E-state index in [2.05, 4.69) is 60.3 Å². The molecule has 2 aromatic rings. The standard InChI is InChI=1S/C17H21N3/c1-17(2)14(11-18)8-10-20(17)9-7-13-12-19-16-6-4-3-5-15(13)16/h3-6,12,14,19H,7-10H2,1-2H3. The third kappa shape index (κ3) is 2.10. The van der Waals surface area contributed by atoms with Crippen molar-refractivity contribution in [2.45, 2.75) is 32.2 Å². The van der Waals surface area contributed by atoms with E-state index in [-0.39, 0.29) is 11.5 Å². The van der Waals surface area contributed by atoms with Crippen molar-refractivity contribution in [3.63, 3.8) is 0 Å². The van der Waals surface area contributed by atoms with Gasteiger partial charge in [-0.2, -0.15) is 5.26 Å². The van der Waals surface area contributed by atoms with Crippen LogP contribution in [0.25, 0.3) is 10.9 Å². The number of benzene rings is 1. The molecule has 1 fully saturated rings. The van der Waals surface area contributed by atoms with E-state index in [0.29, 0.717) is 0 Å². The van der Waals surface area contributed by atoms with Gasteiger partial charge in [0.2, 0.25) is 0 Å². The number of nitrogens with zero attached hydrogens (tertiary/aromatic N) is 2. The highest BCUT2D eigenvalue weighted by Crippen LogP contribution is 2.34. The smallest absolute Gasteiger partial charge is 0.0675 e. The van der Waals surface area contributed by atoms with Crippen molar-refractivity contribution in [1.82, 2.24) is 9.88 Å². The summed E-state index contributed by atoms with van der Waals surface area (Å²) in [6.07, 6.45) is 4.15. The molecule has 0 bridgehead atoms. The molecular weight excluding hydrogens is 246 g/mol. The first-order valence-corrected chi connectivity index (χ1v) is 7.32. The summed E-state index contributed by atoms with van der Waals surface area (Å²) < 4.78 is 0. The van der Waals surface area contributed by atoms with Gasteiger partial charge < -0.3 is 4.98 Å². The minimum Gasteiger partial charge on any atom is -0.361 e. The fraction of sp³-hybridized carbons (Fsp3) is 0.471. The summed E-state index contributed by atoms with van der Waals surface area (Å²) in [5, 5.41) is 10.6. The quantitative estimate of drug-likeness (QED) is 0.927. The van der Waals surface area contributed by atoms with Crippen LogP contribution in [0, 0.1) is 17.2 Å². The van der Waals surface area contributed by atoms with Crippen LogP contribution in [0.5, 0.6) is 0 Å². The zero-order valence-electron chi connectivity index (χ0n) is 12.2. The second-order valence-corrected chi connectivity index (χ2v) is 6.22. The maximum atomic E-state index is 9.23. The van der Waals surface area contributed by atoms with Gasteiger partial charge in [0.25, 0.3) is 0 Å². The largest absolute Gasteiger partial charge is 0.361 e. The zero-order chi connectivity index (χ0) is 14.2. The van der Waals surface area contributed by atoms with Crippen molar-refractivity contribution in [2.75, 3.05) is 13.1 Å². The van der Waals surface area contributed by atoms with E-state index in [1.165, 1.54) is 16.5 Å². The van der Waals surface area contributed by atoms with E-state index in [4.69, 9.17) is 0 Å². The summed E-state index contributed by atoms with van der Waals surface area (Å²) in [4.78, 5) is 5.79. The van der Waals surface area contributed by atoms with Crippen molar-refractivity contribution < 1.29 is 0 Å². The number of aromatic nitrogens is 1. The SMILES string of the molecule is CC1(C)C(C#N)CCN1CCc1c[nH]c2ccccc12. The molecule has 1 unspecified atom stereocenters. The minimum absolute atomic E-state index is 0.000854. The average Bonchev–Trinajstić information content (AvgIpc) is 2.97. The maximum absolute atomic E-state index is 9.23. The number of hydrogen-bond acceptors (Lipinski definition) is 2. The predicted octanol–water partition coefficient (Wildman–Crippen LogP) is 3.33.